The van der Waals surface area contributed by atoms with Gasteiger partial charge in [0, 0.05) is 25.8 Å². The Morgan fingerprint density at radius 2 is 2.21 bits per heavy atom. The van der Waals surface area contributed by atoms with Crippen LogP contribution in [0.3, 0.4) is 0 Å². The highest BCUT2D eigenvalue weighted by atomic mass is 35.5. The van der Waals surface area contributed by atoms with Crippen molar-refractivity contribution >= 4 is 17.4 Å². The van der Waals surface area contributed by atoms with Crippen LogP contribution in [0.25, 0.3) is 0 Å². The number of aromatic nitrogens is 1. The molecule has 4 heteroatoms. The molecule has 0 aliphatic carbocycles. The van der Waals surface area contributed by atoms with Crippen LogP contribution in [0.5, 0.6) is 0 Å². The van der Waals surface area contributed by atoms with Gasteiger partial charge in [0.2, 0.25) is 0 Å². The van der Waals surface area contributed by atoms with Gasteiger partial charge in [0.15, 0.2) is 0 Å². The topological polar surface area (TPSA) is 28.2 Å². The Hall–Kier alpha value is -0.800. The van der Waals surface area contributed by atoms with Crippen LogP contribution >= 0.6 is 11.6 Å². The van der Waals surface area contributed by atoms with Gasteiger partial charge in [0.05, 0.1) is 5.02 Å². The normalized spacial score (nSPS) is 23.7. The van der Waals surface area contributed by atoms with E-state index in [4.69, 9.17) is 11.6 Å². The number of nitrogens with one attached hydrogen (secondary N) is 1. The van der Waals surface area contributed by atoms with Crippen LogP contribution in [0, 0.1) is 11.8 Å². The quantitative estimate of drug-likeness (QED) is 0.918. The van der Waals surface area contributed by atoms with Crippen molar-refractivity contribution in [3.63, 3.8) is 0 Å². The SMILES string of the molecule is CCNCc1cc(N2CCC(C)C(C)C2)ncc1Cl. The Morgan fingerprint density at radius 3 is 2.89 bits per heavy atom. The fraction of sp³-hybridized carbons (Fsp3) is 0.667. The average molecular weight is 282 g/mol. The molecule has 1 saturated heterocycles. The van der Waals surface area contributed by atoms with Gasteiger partial charge < -0.3 is 10.2 Å². The Balaban J connectivity index is 2.11. The molecule has 0 saturated carbocycles. The minimum absolute atomic E-state index is 0.725. The van der Waals surface area contributed by atoms with Gasteiger partial charge in [-0.1, -0.05) is 32.4 Å². The minimum Gasteiger partial charge on any atom is -0.356 e. The van der Waals surface area contributed by atoms with Crippen molar-refractivity contribution in [1.29, 1.82) is 0 Å². The zero-order valence-corrected chi connectivity index (χ0v) is 12.9. The number of piperidine rings is 1. The lowest BCUT2D eigenvalue weighted by Crippen LogP contribution is -2.38. The van der Waals surface area contributed by atoms with Crippen LogP contribution in [0.2, 0.25) is 5.02 Å². The van der Waals surface area contributed by atoms with E-state index in [0.29, 0.717) is 0 Å². The van der Waals surface area contributed by atoms with Gasteiger partial charge in [-0.15, -0.1) is 0 Å². The van der Waals surface area contributed by atoms with Crippen LogP contribution in [0.15, 0.2) is 12.3 Å². The van der Waals surface area contributed by atoms with Gasteiger partial charge in [-0.3, -0.25) is 0 Å². The fourth-order valence-corrected chi connectivity index (χ4v) is 2.68. The number of anilines is 1. The molecule has 1 aliphatic rings. The molecule has 2 atom stereocenters. The average Bonchev–Trinajstić information content (AvgIpc) is 2.41. The fourth-order valence-electron chi connectivity index (χ4n) is 2.51. The van der Waals surface area contributed by atoms with E-state index < -0.39 is 0 Å². The zero-order chi connectivity index (χ0) is 13.8. The molecule has 0 aromatic carbocycles. The molecule has 1 aliphatic heterocycles. The van der Waals surface area contributed by atoms with Crippen molar-refractivity contribution in [2.24, 2.45) is 11.8 Å². The molecular weight excluding hydrogens is 258 g/mol. The molecule has 1 fully saturated rings. The van der Waals surface area contributed by atoms with Crippen molar-refractivity contribution in [3.8, 4) is 0 Å². The number of pyridine rings is 1. The highest BCUT2D eigenvalue weighted by molar-refractivity contribution is 6.31. The molecule has 1 aromatic rings. The van der Waals surface area contributed by atoms with Crippen LogP contribution in [-0.4, -0.2) is 24.6 Å². The van der Waals surface area contributed by atoms with E-state index in [2.05, 4.69) is 42.0 Å². The molecule has 0 bridgehead atoms. The summed E-state index contributed by atoms with van der Waals surface area (Å²) < 4.78 is 0. The van der Waals surface area contributed by atoms with Crippen molar-refractivity contribution in [2.45, 2.75) is 33.7 Å². The lowest BCUT2D eigenvalue weighted by molar-refractivity contribution is 0.323. The molecule has 0 spiro atoms. The smallest absolute Gasteiger partial charge is 0.128 e. The first-order chi connectivity index (χ1) is 9.11. The van der Waals surface area contributed by atoms with Crippen molar-refractivity contribution in [3.05, 3.63) is 22.8 Å². The molecule has 0 amide bonds. The van der Waals surface area contributed by atoms with E-state index in [-0.39, 0.29) is 0 Å². The maximum Gasteiger partial charge on any atom is 0.128 e. The molecule has 1 N–H and O–H groups in total. The molecule has 2 rings (SSSR count). The molecule has 3 nitrogen and oxygen atoms in total. The number of hydrogen-bond acceptors (Lipinski definition) is 3. The maximum absolute atomic E-state index is 6.20. The van der Waals surface area contributed by atoms with E-state index in [1.807, 2.05) is 0 Å². The Morgan fingerprint density at radius 1 is 1.42 bits per heavy atom. The summed E-state index contributed by atoms with van der Waals surface area (Å²) in [4.78, 5) is 6.88. The zero-order valence-electron chi connectivity index (χ0n) is 12.1. The number of halogens is 1. The van der Waals surface area contributed by atoms with E-state index in [9.17, 15) is 0 Å². The third kappa shape index (κ3) is 3.61. The second kappa shape index (κ2) is 6.58. The van der Waals surface area contributed by atoms with Gasteiger partial charge >= 0.3 is 0 Å². The van der Waals surface area contributed by atoms with E-state index in [1.54, 1.807) is 6.20 Å². The summed E-state index contributed by atoms with van der Waals surface area (Å²) >= 11 is 6.20. The summed E-state index contributed by atoms with van der Waals surface area (Å²) in [6.45, 7) is 10.7. The van der Waals surface area contributed by atoms with Gasteiger partial charge in [-0.2, -0.15) is 0 Å². The molecule has 0 radical (unpaired) electrons. The first-order valence-corrected chi connectivity index (χ1v) is 7.59. The van der Waals surface area contributed by atoms with Crippen molar-refractivity contribution in [1.82, 2.24) is 10.3 Å². The summed E-state index contributed by atoms with van der Waals surface area (Å²) in [5.41, 5.74) is 1.14. The largest absolute Gasteiger partial charge is 0.356 e. The van der Waals surface area contributed by atoms with Gasteiger partial charge in [0.25, 0.3) is 0 Å². The van der Waals surface area contributed by atoms with Crippen LogP contribution in [-0.2, 0) is 6.54 Å². The van der Waals surface area contributed by atoms with Crippen LogP contribution < -0.4 is 10.2 Å². The van der Waals surface area contributed by atoms with Gasteiger partial charge in [0.1, 0.15) is 5.82 Å². The highest BCUT2D eigenvalue weighted by Gasteiger charge is 2.23. The molecule has 19 heavy (non-hydrogen) atoms. The number of rotatable bonds is 4. The summed E-state index contributed by atoms with van der Waals surface area (Å²) in [5, 5.41) is 4.07. The first kappa shape index (κ1) is 14.6. The minimum atomic E-state index is 0.725. The van der Waals surface area contributed by atoms with Crippen molar-refractivity contribution in [2.75, 3.05) is 24.5 Å². The number of nitrogens with zero attached hydrogens (tertiary/aromatic N) is 2. The second-order valence-electron chi connectivity index (χ2n) is 5.60. The first-order valence-electron chi connectivity index (χ1n) is 7.22. The van der Waals surface area contributed by atoms with E-state index in [1.165, 1.54) is 6.42 Å². The maximum atomic E-state index is 6.20. The lowest BCUT2D eigenvalue weighted by atomic mass is 9.89. The standard InChI is InChI=1S/C15H24ClN3/c1-4-17-8-13-7-15(18-9-14(13)16)19-6-5-11(2)12(3)10-19/h7,9,11-12,17H,4-6,8,10H2,1-3H3. The van der Waals surface area contributed by atoms with Gasteiger partial charge in [-0.25, -0.2) is 4.98 Å². The molecule has 2 heterocycles. The molecule has 1 aromatic heterocycles. The summed E-state index contributed by atoms with van der Waals surface area (Å²) in [5.74, 6) is 2.60. The Labute approximate surface area is 121 Å². The summed E-state index contributed by atoms with van der Waals surface area (Å²) in [6.07, 6.45) is 3.03. The number of hydrogen-bond donors (Lipinski definition) is 1. The third-order valence-corrected chi connectivity index (χ3v) is 4.48. The van der Waals surface area contributed by atoms with Crippen LogP contribution in [0.1, 0.15) is 32.8 Å². The molecular formula is C15H24ClN3. The highest BCUT2D eigenvalue weighted by Crippen LogP contribution is 2.27. The Kier molecular flexibility index (Phi) is 5.06. The monoisotopic (exact) mass is 281 g/mol. The van der Waals surface area contributed by atoms with E-state index in [0.717, 1.165) is 54.4 Å². The molecule has 106 valence electrons. The second-order valence-corrected chi connectivity index (χ2v) is 6.01. The van der Waals surface area contributed by atoms with E-state index >= 15 is 0 Å². The Bertz CT molecular complexity index is 422. The van der Waals surface area contributed by atoms with Gasteiger partial charge in [-0.05, 0) is 36.4 Å². The van der Waals surface area contributed by atoms with Crippen molar-refractivity contribution < 1.29 is 0 Å². The third-order valence-electron chi connectivity index (χ3n) is 4.14. The summed E-state index contributed by atoms with van der Waals surface area (Å²) in [7, 11) is 0. The lowest BCUT2D eigenvalue weighted by Gasteiger charge is -2.36. The van der Waals surface area contributed by atoms with Crippen LogP contribution in [0.4, 0.5) is 5.82 Å². The predicted octanol–water partition coefficient (Wildman–Crippen LogP) is 3.33. The molecule has 2 unspecified atom stereocenters. The predicted molar refractivity (Wildman–Crippen MR) is 81.8 cm³/mol. The summed E-state index contributed by atoms with van der Waals surface area (Å²) in [6, 6.07) is 2.13.